The average molecular weight is 306 g/mol. The normalized spacial score (nSPS) is 22.4. The molecule has 0 amide bonds. The number of aromatic hydroxyl groups is 1. The minimum atomic E-state index is 0.196. The molecule has 0 saturated carbocycles. The maximum absolute atomic E-state index is 10.5. The van der Waals surface area contributed by atoms with E-state index >= 15 is 0 Å². The molecule has 2 fully saturated rings. The fourth-order valence-electron chi connectivity index (χ4n) is 3.72. The summed E-state index contributed by atoms with van der Waals surface area (Å²) in [6.07, 6.45) is 2.07. The summed E-state index contributed by atoms with van der Waals surface area (Å²) in [6.45, 7) is 5.61. The van der Waals surface area contributed by atoms with Crippen molar-refractivity contribution in [2.24, 2.45) is 5.92 Å². The Morgan fingerprint density at radius 1 is 1.27 bits per heavy atom. The van der Waals surface area contributed by atoms with Crippen LogP contribution in [0.1, 0.15) is 24.4 Å². The van der Waals surface area contributed by atoms with E-state index in [0.717, 1.165) is 63.5 Å². The van der Waals surface area contributed by atoms with Crippen LogP contribution in [0.3, 0.4) is 0 Å². The van der Waals surface area contributed by atoms with E-state index in [4.69, 9.17) is 9.47 Å². The van der Waals surface area contributed by atoms with E-state index < -0.39 is 0 Å². The van der Waals surface area contributed by atoms with Gasteiger partial charge in [-0.2, -0.15) is 0 Å². The zero-order chi connectivity index (χ0) is 15.4. The van der Waals surface area contributed by atoms with Crippen molar-refractivity contribution >= 4 is 0 Å². The fraction of sp³-hybridized carbons (Fsp3) is 0.647. The first-order valence-corrected chi connectivity index (χ1v) is 8.19. The van der Waals surface area contributed by atoms with Gasteiger partial charge in [-0.15, -0.1) is 0 Å². The van der Waals surface area contributed by atoms with Crippen LogP contribution in [0.2, 0.25) is 0 Å². The lowest BCUT2D eigenvalue weighted by molar-refractivity contribution is 0.0199. The third kappa shape index (κ3) is 3.21. The summed E-state index contributed by atoms with van der Waals surface area (Å²) < 4.78 is 11.1. The van der Waals surface area contributed by atoms with Crippen LogP contribution in [0.25, 0.3) is 0 Å². The highest BCUT2D eigenvalue weighted by Crippen LogP contribution is 2.43. The molecule has 22 heavy (non-hydrogen) atoms. The van der Waals surface area contributed by atoms with Crippen molar-refractivity contribution in [2.75, 3.05) is 46.5 Å². The first kappa shape index (κ1) is 15.6. The van der Waals surface area contributed by atoms with Crippen LogP contribution >= 0.6 is 0 Å². The highest BCUT2D eigenvalue weighted by Gasteiger charge is 2.34. The number of hydrogen-bond donors (Lipinski definition) is 2. The quantitative estimate of drug-likeness (QED) is 0.888. The predicted molar refractivity (Wildman–Crippen MR) is 85.4 cm³/mol. The summed E-state index contributed by atoms with van der Waals surface area (Å²) in [5.74, 6) is 1.62. The van der Waals surface area contributed by atoms with Crippen molar-refractivity contribution in [3.8, 4) is 11.5 Å². The van der Waals surface area contributed by atoms with E-state index in [1.54, 1.807) is 13.2 Å². The number of phenolic OH excluding ortho intramolecular Hbond substituents is 1. The Labute approximate surface area is 132 Å². The van der Waals surface area contributed by atoms with Gasteiger partial charge in [0.2, 0.25) is 0 Å². The van der Waals surface area contributed by atoms with Crippen molar-refractivity contribution in [3.63, 3.8) is 0 Å². The van der Waals surface area contributed by atoms with Crippen LogP contribution in [0, 0.1) is 5.92 Å². The van der Waals surface area contributed by atoms with Crippen LogP contribution in [-0.2, 0) is 4.74 Å². The molecule has 2 aliphatic rings. The highest BCUT2D eigenvalue weighted by atomic mass is 16.5. The summed E-state index contributed by atoms with van der Waals surface area (Å²) >= 11 is 0. The monoisotopic (exact) mass is 306 g/mol. The molecule has 0 bridgehead atoms. The number of hydrogen-bond acceptors (Lipinski definition) is 5. The number of rotatable bonds is 4. The minimum Gasteiger partial charge on any atom is -0.507 e. The molecule has 5 heteroatoms. The van der Waals surface area contributed by atoms with Crippen molar-refractivity contribution in [1.29, 1.82) is 0 Å². The third-order valence-corrected chi connectivity index (χ3v) is 4.82. The molecule has 0 spiro atoms. The number of benzene rings is 1. The maximum atomic E-state index is 10.5. The molecule has 1 aromatic rings. The Bertz CT molecular complexity index is 465. The average Bonchev–Trinajstić information content (AvgIpc) is 2.58. The van der Waals surface area contributed by atoms with Crippen LogP contribution in [0.4, 0.5) is 0 Å². The van der Waals surface area contributed by atoms with E-state index in [2.05, 4.69) is 10.2 Å². The second-order valence-corrected chi connectivity index (χ2v) is 6.07. The topological polar surface area (TPSA) is 54.0 Å². The molecule has 2 N–H and O–H groups in total. The number of piperazine rings is 1. The maximum Gasteiger partial charge on any atom is 0.127 e. The SMILES string of the molecule is COc1cccc(O)c1[C@@H](C1CCOCC1)N1CCNCC1. The first-order chi connectivity index (χ1) is 10.8. The van der Waals surface area contributed by atoms with Crippen molar-refractivity contribution in [3.05, 3.63) is 23.8 Å². The molecule has 122 valence electrons. The van der Waals surface area contributed by atoms with Gasteiger partial charge in [-0.25, -0.2) is 0 Å². The van der Waals surface area contributed by atoms with Gasteiger partial charge >= 0.3 is 0 Å². The van der Waals surface area contributed by atoms with E-state index in [-0.39, 0.29) is 6.04 Å². The molecule has 0 aliphatic carbocycles. The molecule has 2 aliphatic heterocycles. The van der Waals surface area contributed by atoms with Gasteiger partial charge in [-0.1, -0.05) is 6.07 Å². The van der Waals surface area contributed by atoms with E-state index in [0.29, 0.717) is 11.7 Å². The number of nitrogens with zero attached hydrogens (tertiary/aromatic N) is 1. The largest absolute Gasteiger partial charge is 0.507 e. The number of phenols is 1. The highest BCUT2D eigenvalue weighted by molar-refractivity contribution is 5.46. The third-order valence-electron chi connectivity index (χ3n) is 4.82. The fourth-order valence-corrected chi connectivity index (χ4v) is 3.72. The smallest absolute Gasteiger partial charge is 0.127 e. The molecule has 2 heterocycles. The Morgan fingerprint density at radius 2 is 2.00 bits per heavy atom. The molecule has 0 aromatic heterocycles. The molecule has 0 radical (unpaired) electrons. The summed E-state index contributed by atoms with van der Waals surface area (Å²) in [5.41, 5.74) is 0.943. The summed E-state index contributed by atoms with van der Waals surface area (Å²) in [6, 6.07) is 5.76. The Hall–Kier alpha value is -1.30. The lowest BCUT2D eigenvalue weighted by Crippen LogP contribution is -2.47. The van der Waals surface area contributed by atoms with E-state index in [1.807, 2.05) is 12.1 Å². The molecule has 1 atom stereocenters. The lowest BCUT2D eigenvalue weighted by atomic mass is 9.84. The van der Waals surface area contributed by atoms with Crippen LogP contribution < -0.4 is 10.1 Å². The Balaban J connectivity index is 1.96. The zero-order valence-electron chi connectivity index (χ0n) is 13.3. The molecule has 3 rings (SSSR count). The van der Waals surface area contributed by atoms with Gasteiger partial charge in [0.05, 0.1) is 12.7 Å². The second-order valence-electron chi connectivity index (χ2n) is 6.07. The number of nitrogens with one attached hydrogen (secondary N) is 1. The van der Waals surface area contributed by atoms with Crippen molar-refractivity contribution in [1.82, 2.24) is 10.2 Å². The van der Waals surface area contributed by atoms with E-state index in [1.165, 1.54) is 0 Å². The number of ether oxygens (including phenoxy) is 2. The number of methoxy groups -OCH3 is 1. The van der Waals surface area contributed by atoms with Crippen LogP contribution in [0.5, 0.6) is 11.5 Å². The summed E-state index contributed by atoms with van der Waals surface area (Å²) in [5, 5.41) is 13.9. The second kappa shape index (κ2) is 7.31. The predicted octanol–water partition coefficient (Wildman–Crippen LogP) is 1.77. The zero-order valence-corrected chi connectivity index (χ0v) is 13.3. The minimum absolute atomic E-state index is 0.196. The molecule has 2 saturated heterocycles. The molecule has 5 nitrogen and oxygen atoms in total. The van der Waals surface area contributed by atoms with Gasteiger partial charge in [0.15, 0.2) is 0 Å². The van der Waals surface area contributed by atoms with Gasteiger partial charge in [0.25, 0.3) is 0 Å². The van der Waals surface area contributed by atoms with E-state index in [9.17, 15) is 5.11 Å². The first-order valence-electron chi connectivity index (χ1n) is 8.19. The van der Waals surface area contributed by atoms with Gasteiger partial charge < -0.3 is 19.9 Å². The van der Waals surface area contributed by atoms with Crippen molar-refractivity contribution in [2.45, 2.75) is 18.9 Å². The van der Waals surface area contributed by atoms with Gasteiger partial charge in [-0.05, 0) is 30.9 Å². The van der Waals surface area contributed by atoms with Gasteiger partial charge in [-0.3, -0.25) is 4.90 Å². The van der Waals surface area contributed by atoms with Crippen LogP contribution in [0.15, 0.2) is 18.2 Å². The Morgan fingerprint density at radius 3 is 2.68 bits per heavy atom. The standard InChI is InChI=1S/C17H26N2O3/c1-21-15-4-2-3-14(20)16(15)17(13-5-11-22-12-6-13)19-9-7-18-8-10-19/h2-4,13,17-18,20H,5-12H2,1H3/t17-/m1/s1. The van der Waals surface area contributed by atoms with Crippen molar-refractivity contribution < 1.29 is 14.6 Å². The summed E-state index contributed by atoms with van der Waals surface area (Å²) in [7, 11) is 1.68. The molecular weight excluding hydrogens is 280 g/mol. The van der Waals surface area contributed by atoms with Gasteiger partial charge in [0, 0.05) is 45.4 Å². The lowest BCUT2D eigenvalue weighted by Gasteiger charge is -2.41. The van der Waals surface area contributed by atoms with Gasteiger partial charge in [0.1, 0.15) is 11.5 Å². The molecule has 0 unspecified atom stereocenters. The molecule has 1 aromatic carbocycles. The Kier molecular flexibility index (Phi) is 5.18. The van der Waals surface area contributed by atoms with Crippen LogP contribution in [-0.4, -0.2) is 56.5 Å². The summed E-state index contributed by atoms with van der Waals surface area (Å²) in [4.78, 5) is 2.49. The molecular formula is C17H26N2O3.